The van der Waals surface area contributed by atoms with Gasteiger partial charge in [0.05, 0.1) is 29.6 Å². The van der Waals surface area contributed by atoms with Gasteiger partial charge in [-0.05, 0) is 64.9 Å². The number of nitrogens with one attached hydrogen (secondary N) is 1. The predicted octanol–water partition coefficient (Wildman–Crippen LogP) is 3.95. The Hall–Kier alpha value is -2.55. The molecule has 0 aliphatic rings. The first-order chi connectivity index (χ1) is 13.0. The summed E-state index contributed by atoms with van der Waals surface area (Å²) in [7, 11) is 3.09. The minimum Gasteiger partial charge on any atom is -0.496 e. The lowest BCUT2D eigenvalue weighted by Crippen LogP contribution is -2.18. The van der Waals surface area contributed by atoms with Crippen LogP contribution in [0.4, 0.5) is 0 Å². The number of hydrazone groups is 1. The highest BCUT2D eigenvalue weighted by molar-refractivity contribution is 14.1. The quantitative estimate of drug-likeness (QED) is 0.269. The van der Waals surface area contributed by atoms with Gasteiger partial charge in [0.15, 0.2) is 11.5 Å². The maximum atomic E-state index is 12.3. The van der Waals surface area contributed by atoms with Crippen LogP contribution in [0.1, 0.15) is 21.5 Å². The second kappa shape index (κ2) is 9.96. The zero-order valence-corrected chi connectivity index (χ0v) is 17.6. The van der Waals surface area contributed by atoms with Gasteiger partial charge < -0.3 is 14.2 Å². The van der Waals surface area contributed by atoms with Crippen molar-refractivity contribution in [2.24, 2.45) is 5.10 Å². The van der Waals surface area contributed by atoms with E-state index in [-0.39, 0.29) is 5.91 Å². The topological polar surface area (TPSA) is 69.2 Å². The van der Waals surface area contributed by atoms with E-state index in [1.807, 2.05) is 19.1 Å². The summed E-state index contributed by atoms with van der Waals surface area (Å²) >= 11 is 2.16. The van der Waals surface area contributed by atoms with E-state index >= 15 is 0 Å². The molecule has 0 bridgehead atoms. The molecule has 0 fully saturated rings. The lowest BCUT2D eigenvalue weighted by molar-refractivity contribution is 0.0952. The molecule has 6 nitrogen and oxygen atoms in total. The summed E-state index contributed by atoms with van der Waals surface area (Å²) in [6, 6.07) is 9.01. The van der Waals surface area contributed by atoms with Gasteiger partial charge in [0.2, 0.25) is 0 Å². The molecular weight excluding hydrogens is 459 g/mol. The first-order valence-corrected chi connectivity index (χ1v) is 9.17. The number of hydrogen-bond donors (Lipinski definition) is 1. The highest BCUT2D eigenvalue weighted by Crippen LogP contribution is 2.33. The molecule has 0 aliphatic carbocycles. The van der Waals surface area contributed by atoms with E-state index in [0.717, 1.165) is 14.7 Å². The third-order valence-corrected chi connectivity index (χ3v) is 4.38. The minimum atomic E-state index is -0.351. The number of amides is 1. The van der Waals surface area contributed by atoms with Crippen LogP contribution in [0.2, 0.25) is 0 Å². The van der Waals surface area contributed by atoms with Crippen molar-refractivity contribution in [1.82, 2.24) is 5.43 Å². The first-order valence-electron chi connectivity index (χ1n) is 8.09. The number of ether oxygens (including phenoxy) is 3. The summed E-state index contributed by atoms with van der Waals surface area (Å²) in [4.78, 5) is 12.3. The minimum absolute atomic E-state index is 0.351. The molecule has 142 valence electrons. The van der Waals surface area contributed by atoms with Crippen molar-refractivity contribution in [1.29, 1.82) is 0 Å². The number of methoxy groups -OCH3 is 2. The predicted molar refractivity (Wildman–Crippen MR) is 114 cm³/mol. The van der Waals surface area contributed by atoms with E-state index in [9.17, 15) is 4.79 Å². The molecule has 27 heavy (non-hydrogen) atoms. The number of nitrogens with zero attached hydrogens (tertiary/aromatic N) is 1. The zero-order valence-electron chi connectivity index (χ0n) is 15.4. The van der Waals surface area contributed by atoms with Crippen molar-refractivity contribution in [3.05, 3.63) is 63.2 Å². The van der Waals surface area contributed by atoms with Crippen LogP contribution in [-0.4, -0.2) is 32.9 Å². The summed E-state index contributed by atoms with van der Waals surface area (Å²) in [6.45, 7) is 5.95. The smallest absolute Gasteiger partial charge is 0.275 e. The van der Waals surface area contributed by atoms with Gasteiger partial charge in [-0.25, -0.2) is 5.43 Å². The Balaban J connectivity index is 2.15. The maximum Gasteiger partial charge on any atom is 0.275 e. The summed E-state index contributed by atoms with van der Waals surface area (Å²) in [5.41, 5.74) is 4.70. The van der Waals surface area contributed by atoms with Gasteiger partial charge in [-0.15, -0.1) is 0 Å². The lowest BCUT2D eigenvalue weighted by Gasteiger charge is -2.12. The van der Waals surface area contributed by atoms with Crippen molar-refractivity contribution in [2.75, 3.05) is 20.8 Å². The maximum absolute atomic E-state index is 12.3. The Kier molecular flexibility index (Phi) is 7.66. The van der Waals surface area contributed by atoms with E-state index < -0.39 is 0 Å². The van der Waals surface area contributed by atoms with Crippen molar-refractivity contribution < 1.29 is 19.0 Å². The van der Waals surface area contributed by atoms with Crippen LogP contribution in [-0.2, 0) is 0 Å². The standard InChI is InChI=1S/C20H21IN2O4/c1-5-8-27-19-16(21)10-14(11-18(19)26-4)12-22-23-20(24)15-7-6-13(2)9-17(15)25-3/h5-7,9-12H,1,8H2,2-4H3,(H,23,24)/b22-12+. The van der Waals surface area contributed by atoms with Crippen LogP contribution in [0.5, 0.6) is 17.2 Å². The molecule has 7 heteroatoms. The Morgan fingerprint density at radius 2 is 1.96 bits per heavy atom. The third-order valence-electron chi connectivity index (χ3n) is 3.58. The first kappa shape index (κ1) is 20.8. The van der Waals surface area contributed by atoms with E-state index in [1.165, 1.54) is 7.11 Å². The number of halogens is 1. The van der Waals surface area contributed by atoms with E-state index in [4.69, 9.17) is 14.2 Å². The van der Waals surface area contributed by atoms with Gasteiger partial charge in [-0.1, -0.05) is 18.7 Å². The number of carbonyl (C=O) groups is 1. The molecule has 0 spiro atoms. The molecule has 0 saturated heterocycles. The number of carbonyl (C=O) groups excluding carboxylic acids is 1. The molecule has 2 aromatic carbocycles. The molecule has 0 unspecified atom stereocenters. The fraction of sp³-hybridized carbons (Fsp3) is 0.200. The monoisotopic (exact) mass is 480 g/mol. The molecule has 1 amide bonds. The number of hydrogen-bond acceptors (Lipinski definition) is 5. The Morgan fingerprint density at radius 3 is 2.63 bits per heavy atom. The van der Waals surface area contributed by atoms with E-state index in [0.29, 0.717) is 29.4 Å². The molecule has 1 N–H and O–H groups in total. The second-order valence-corrected chi connectivity index (χ2v) is 6.70. The van der Waals surface area contributed by atoms with Crippen molar-refractivity contribution in [3.63, 3.8) is 0 Å². The van der Waals surface area contributed by atoms with E-state index in [2.05, 4.69) is 39.7 Å². The van der Waals surface area contributed by atoms with Gasteiger partial charge >= 0.3 is 0 Å². The van der Waals surface area contributed by atoms with Crippen LogP contribution in [0.25, 0.3) is 0 Å². The molecular formula is C20H21IN2O4. The summed E-state index contributed by atoms with van der Waals surface area (Å²) < 4.78 is 17.1. The third kappa shape index (κ3) is 5.46. The molecule has 0 saturated carbocycles. The molecule has 0 aliphatic heterocycles. The number of rotatable bonds is 8. The van der Waals surface area contributed by atoms with Crippen LogP contribution >= 0.6 is 22.6 Å². The average Bonchev–Trinajstić information content (AvgIpc) is 2.66. The van der Waals surface area contributed by atoms with Crippen LogP contribution in [0, 0.1) is 10.5 Å². The van der Waals surface area contributed by atoms with Crippen LogP contribution in [0.3, 0.4) is 0 Å². The fourth-order valence-corrected chi connectivity index (χ4v) is 3.09. The Bertz CT molecular complexity index is 865. The van der Waals surface area contributed by atoms with Gasteiger partial charge in [0.1, 0.15) is 12.4 Å². The molecule has 2 rings (SSSR count). The van der Waals surface area contributed by atoms with Crippen molar-refractivity contribution in [2.45, 2.75) is 6.92 Å². The molecule has 2 aromatic rings. The van der Waals surface area contributed by atoms with Crippen molar-refractivity contribution in [3.8, 4) is 17.2 Å². The molecule has 0 heterocycles. The highest BCUT2D eigenvalue weighted by atomic mass is 127. The van der Waals surface area contributed by atoms with E-state index in [1.54, 1.807) is 37.6 Å². The molecule has 0 atom stereocenters. The van der Waals surface area contributed by atoms with Gasteiger partial charge in [0.25, 0.3) is 5.91 Å². The summed E-state index contributed by atoms with van der Waals surface area (Å²) in [5, 5.41) is 4.03. The zero-order chi connectivity index (χ0) is 19.8. The number of aryl methyl sites for hydroxylation is 1. The normalized spacial score (nSPS) is 10.5. The molecule has 0 radical (unpaired) electrons. The lowest BCUT2D eigenvalue weighted by atomic mass is 10.1. The van der Waals surface area contributed by atoms with Gasteiger partial charge in [-0.2, -0.15) is 5.10 Å². The van der Waals surface area contributed by atoms with Gasteiger partial charge in [0, 0.05) is 0 Å². The van der Waals surface area contributed by atoms with Crippen molar-refractivity contribution >= 4 is 34.7 Å². The number of benzene rings is 2. The summed E-state index contributed by atoms with van der Waals surface area (Å²) in [5.74, 6) is 1.37. The Morgan fingerprint density at radius 1 is 1.22 bits per heavy atom. The SMILES string of the molecule is C=CCOc1c(I)cc(/C=N/NC(=O)c2ccc(C)cc2OC)cc1OC. The highest BCUT2D eigenvalue weighted by Gasteiger charge is 2.12. The molecule has 0 aromatic heterocycles. The van der Waals surface area contributed by atoms with Crippen LogP contribution < -0.4 is 19.6 Å². The Labute approximate surface area is 172 Å². The van der Waals surface area contributed by atoms with Crippen LogP contribution in [0.15, 0.2) is 48.1 Å². The fourth-order valence-electron chi connectivity index (χ4n) is 2.31. The summed E-state index contributed by atoms with van der Waals surface area (Å²) in [6.07, 6.45) is 3.21. The van der Waals surface area contributed by atoms with Gasteiger partial charge in [-0.3, -0.25) is 4.79 Å². The largest absolute Gasteiger partial charge is 0.496 e. The second-order valence-electron chi connectivity index (χ2n) is 5.54. The average molecular weight is 480 g/mol.